The SMILES string of the molecule is CC(C)C[C@H](C)NCC(C)CCC(C)CC(C)(C)C. The van der Waals surface area contributed by atoms with Gasteiger partial charge in [-0.15, -0.1) is 0 Å². The minimum absolute atomic E-state index is 0.479. The van der Waals surface area contributed by atoms with Gasteiger partial charge in [0.1, 0.15) is 0 Å². The zero-order valence-corrected chi connectivity index (χ0v) is 14.8. The van der Waals surface area contributed by atoms with Crippen molar-refractivity contribution in [2.45, 2.75) is 87.1 Å². The van der Waals surface area contributed by atoms with E-state index in [2.05, 4.69) is 60.7 Å². The zero-order valence-electron chi connectivity index (χ0n) is 14.8. The van der Waals surface area contributed by atoms with Crippen LogP contribution in [0.1, 0.15) is 81.1 Å². The lowest BCUT2D eigenvalue weighted by molar-refractivity contribution is 0.280. The molecule has 0 aromatic heterocycles. The molecule has 1 heteroatoms. The van der Waals surface area contributed by atoms with E-state index < -0.39 is 0 Å². The fourth-order valence-electron chi connectivity index (χ4n) is 3.01. The van der Waals surface area contributed by atoms with Crippen LogP contribution >= 0.6 is 0 Å². The van der Waals surface area contributed by atoms with Crippen molar-refractivity contribution in [3.63, 3.8) is 0 Å². The molecule has 0 spiro atoms. The molecule has 3 atom stereocenters. The van der Waals surface area contributed by atoms with E-state index in [1.54, 1.807) is 0 Å². The fraction of sp³-hybridized carbons (Fsp3) is 1.00. The molecule has 0 aromatic rings. The third-order valence-corrected chi connectivity index (χ3v) is 3.75. The summed E-state index contributed by atoms with van der Waals surface area (Å²) in [5.74, 6) is 2.46. The Kier molecular flexibility index (Phi) is 8.98. The molecule has 116 valence electrons. The predicted octanol–water partition coefficient (Wildman–Crippen LogP) is 5.50. The van der Waals surface area contributed by atoms with Crippen LogP contribution in [0.2, 0.25) is 0 Å². The van der Waals surface area contributed by atoms with Gasteiger partial charge in [-0.1, -0.05) is 54.9 Å². The van der Waals surface area contributed by atoms with Crippen molar-refractivity contribution >= 4 is 0 Å². The fourth-order valence-corrected chi connectivity index (χ4v) is 3.01. The summed E-state index contributed by atoms with van der Waals surface area (Å²) in [5, 5.41) is 3.69. The molecule has 0 bridgehead atoms. The average molecular weight is 270 g/mol. The van der Waals surface area contributed by atoms with Crippen molar-refractivity contribution in [3.05, 3.63) is 0 Å². The van der Waals surface area contributed by atoms with Gasteiger partial charge in [0.25, 0.3) is 0 Å². The summed E-state index contributed by atoms with van der Waals surface area (Å²) in [6.45, 7) is 19.9. The van der Waals surface area contributed by atoms with Crippen LogP contribution in [0.25, 0.3) is 0 Å². The van der Waals surface area contributed by atoms with E-state index in [1.165, 1.54) is 32.2 Å². The van der Waals surface area contributed by atoms with Gasteiger partial charge in [0.05, 0.1) is 0 Å². The molecule has 0 fully saturated rings. The monoisotopic (exact) mass is 269 g/mol. The highest BCUT2D eigenvalue weighted by atomic mass is 14.9. The third kappa shape index (κ3) is 12.7. The molecule has 0 rings (SSSR count). The molecular weight excluding hydrogens is 230 g/mol. The molecule has 0 aliphatic carbocycles. The van der Waals surface area contributed by atoms with E-state index in [1.807, 2.05) is 0 Å². The third-order valence-electron chi connectivity index (χ3n) is 3.75. The number of hydrogen-bond donors (Lipinski definition) is 1. The molecular formula is C18H39N. The van der Waals surface area contributed by atoms with E-state index >= 15 is 0 Å². The molecule has 1 nitrogen and oxygen atoms in total. The van der Waals surface area contributed by atoms with E-state index in [4.69, 9.17) is 0 Å². The summed E-state index contributed by atoms with van der Waals surface area (Å²) in [6, 6.07) is 0.662. The van der Waals surface area contributed by atoms with Crippen LogP contribution in [0.15, 0.2) is 0 Å². The second-order valence-corrected chi connectivity index (χ2v) is 8.49. The van der Waals surface area contributed by atoms with Gasteiger partial charge in [-0.2, -0.15) is 0 Å². The Hall–Kier alpha value is -0.0400. The molecule has 1 N–H and O–H groups in total. The molecule has 0 aliphatic heterocycles. The summed E-state index contributed by atoms with van der Waals surface area (Å²) in [6.07, 6.45) is 5.36. The highest BCUT2D eigenvalue weighted by Crippen LogP contribution is 2.27. The van der Waals surface area contributed by atoms with Crippen LogP contribution in [0.3, 0.4) is 0 Å². The summed E-state index contributed by atoms with van der Waals surface area (Å²) in [7, 11) is 0. The zero-order chi connectivity index (χ0) is 15.1. The average Bonchev–Trinajstić information content (AvgIpc) is 2.20. The summed E-state index contributed by atoms with van der Waals surface area (Å²) in [4.78, 5) is 0. The van der Waals surface area contributed by atoms with Crippen LogP contribution < -0.4 is 5.32 Å². The normalized spacial score (nSPS) is 17.5. The minimum atomic E-state index is 0.479. The van der Waals surface area contributed by atoms with Crippen molar-refractivity contribution < 1.29 is 0 Å². The minimum Gasteiger partial charge on any atom is -0.314 e. The first-order valence-electron chi connectivity index (χ1n) is 8.33. The van der Waals surface area contributed by atoms with Crippen molar-refractivity contribution in [3.8, 4) is 0 Å². The maximum atomic E-state index is 3.69. The van der Waals surface area contributed by atoms with Gasteiger partial charge in [0, 0.05) is 6.04 Å². The quantitative estimate of drug-likeness (QED) is 0.583. The highest BCUT2D eigenvalue weighted by Gasteiger charge is 2.16. The van der Waals surface area contributed by atoms with Gasteiger partial charge in [0.15, 0.2) is 0 Å². The van der Waals surface area contributed by atoms with Crippen LogP contribution in [-0.4, -0.2) is 12.6 Å². The van der Waals surface area contributed by atoms with Gasteiger partial charge in [-0.05, 0) is 55.9 Å². The van der Waals surface area contributed by atoms with Crippen molar-refractivity contribution in [2.75, 3.05) is 6.54 Å². The van der Waals surface area contributed by atoms with E-state index in [0.29, 0.717) is 11.5 Å². The van der Waals surface area contributed by atoms with Gasteiger partial charge in [0.2, 0.25) is 0 Å². The van der Waals surface area contributed by atoms with Crippen molar-refractivity contribution in [1.29, 1.82) is 0 Å². The first-order valence-corrected chi connectivity index (χ1v) is 8.33. The lowest BCUT2D eigenvalue weighted by Crippen LogP contribution is -2.31. The van der Waals surface area contributed by atoms with Crippen LogP contribution in [0, 0.1) is 23.2 Å². The lowest BCUT2D eigenvalue weighted by Gasteiger charge is -2.24. The predicted molar refractivity (Wildman–Crippen MR) is 88.6 cm³/mol. The summed E-state index contributed by atoms with van der Waals surface area (Å²) in [5.41, 5.74) is 0.479. The van der Waals surface area contributed by atoms with Crippen molar-refractivity contribution in [1.82, 2.24) is 5.32 Å². The van der Waals surface area contributed by atoms with Gasteiger partial charge in [-0.25, -0.2) is 0 Å². The van der Waals surface area contributed by atoms with E-state index in [-0.39, 0.29) is 0 Å². The molecule has 0 saturated heterocycles. The van der Waals surface area contributed by atoms with E-state index in [9.17, 15) is 0 Å². The Morgan fingerprint density at radius 2 is 1.37 bits per heavy atom. The van der Waals surface area contributed by atoms with Crippen LogP contribution in [0.4, 0.5) is 0 Å². The van der Waals surface area contributed by atoms with Gasteiger partial charge in [-0.3, -0.25) is 0 Å². The topological polar surface area (TPSA) is 12.0 Å². The number of hydrogen-bond acceptors (Lipinski definition) is 1. The molecule has 0 amide bonds. The first-order chi connectivity index (χ1) is 8.60. The summed E-state index contributed by atoms with van der Waals surface area (Å²) < 4.78 is 0. The highest BCUT2D eigenvalue weighted by molar-refractivity contribution is 4.69. The maximum absolute atomic E-state index is 3.69. The maximum Gasteiger partial charge on any atom is 0.00412 e. The van der Waals surface area contributed by atoms with Crippen molar-refractivity contribution in [2.24, 2.45) is 23.2 Å². The number of rotatable bonds is 9. The molecule has 0 heterocycles. The molecule has 0 aliphatic rings. The molecule has 2 unspecified atom stereocenters. The Morgan fingerprint density at radius 1 is 0.842 bits per heavy atom. The van der Waals surface area contributed by atoms with Crippen LogP contribution in [0.5, 0.6) is 0 Å². The molecule has 0 radical (unpaired) electrons. The second-order valence-electron chi connectivity index (χ2n) is 8.49. The molecule has 0 aromatic carbocycles. The standard InChI is InChI=1S/C18H39N/c1-14(2)11-17(5)19-13-16(4)10-9-15(3)12-18(6,7)8/h14-17,19H,9-13H2,1-8H3/t15?,16?,17-/m0/s1. The van der Waals surface area contributed by atoms with Gasteiger partial charge < -0.3 is 5.32 Å². The number of nitrogens with one attached hydrogen (secondary N) is 1. The first kappa shape index (κ1) is 19.0. The van der Waals surface area contributed by atoms with Crippen LogP contribution in [-0.2, 0) is 0 Å². The van der Waals surface area contributed by atoms with Gasteiger partial charge >= 0.3 is 0 Å². The lowest BCUT2D eigenvalue weighted by atomic mass is 9.82. The Labute approximate surface area is 122 Å². The summed E-state index contributed by atoms with van der Waals surface area (Å²) >= 11 is 0. The molecule has 19 heavy (non-hydrogen) atoms. The Morgan fingerprint density at radius 3 is 1.84 bits per heavy atom. The molecule has 0 saturated carbocycles. The largest absolute Gasteiger partial charge is 0.314 e. The Balaban J connectivity index is 3.72. The Bertz CT molecular complexity index is 214. The smallest absolute Gasteiger partial charge is 0.00412 e. The second kappa shape index (κ2) is 9.00. The van der Waals surface area contributed by atoms with E-state index in [0.717, 1.165) is 17.8 Å².